The largest absolute Gasteiger partial charge is 0.512 e. The van der Waals surface area contributed by atoms with Gasteiger partial charge < -0.3 is 14.9 Å². The van der Waals surface area contributed by atoms with Crippen molar-refractivity contribution in [1.29, 1.82) is 0 Å². The van der Waals surface area contributed by atoms with E-state index in [1.165, 1.54) is 6.92 Å². The Hall–Kier alpha value is -3.74. The quantitative estimate of drug-likeness (QED) is 0.252. The van der Waals surface area contributed by atoms with E-state index in [9.17, 15) is 19.8 Å². The molecule has 0 saturated heterocycles. The van der Waals surface area contributed by atoms with E-state index in [-0.39, 0.29) is 29.4 Å². The number of carbonyl (C=O) groups is 2. The standard InChI is InChI=1S/C21H20N2O5/c1-3-28-21(27)17(14(2)24)18(15-10-6-4-7-11-15)22-23-19(20(25)26)16-12-8-5-9-13-16/h4-13,24H,3H2,1-2H3,(H,25,26)/b17-14+,22-18+,23-19+. The third-order valence-electron chi connectivity index (χ3n) is 3.63. The predicted octanol–water partition coefficient (Wildman–Crippen LogP) is 3.36. The van der Waals surface area contributed by atoms with Crippen molar-refractivity contribution in [2.75, 3.05) is 6.61 Å². The van der Waals surface area contributed by atoms with Crippen molar-refractivity contribution in [3.63, 3.8) is 0 Å². The van der Waals surface area contributed by atoms with Gasteiger partial charge in [-0.3, -0.25) is 0 Å². The first-order valence-electron chi connectivity index (χ1n) is 8.52. The molecule has 0 atom stereocenters. The van der Waals surface area contributed by atoms with Gasteiger partial charge >= 0.3 is 11.9 Å². The Labute approximate surface area is 162 Å². The Bertz CT molecular complexity index is 928. The Morgan fingerprint density at radius 1 is 0.857 bits per heavy atom. The molecule has 0 bridgehead atoms. The summed E-state index contributed by atoms with van der Waals surface area (Å²) in [6.45, 7) is 3.06. The number of carbonyl (C=O) groups excluding carboxylic acids is 1. The third kappa shape index (κ3) is 5.14. The molecule has 0 spiro atoms. The van der Waals surface area contributed by atoms with Gasteiger partial charge in [-0.05, 0) is 13.8 Å². The molecule has 0 aliphatic heterocycles. The summed E-state index contributed by atoms with van der Waals surface area (Å²) in [5, 5.41) is 27.5. The summed E-state index contributed by atoms with van der Waals surface area (Å²) in [5.41, 5.74) is 0.352. The number of aliphatic carboxylic acids is 1. The van der Waals surface area contributed by atoms with Crippen LogP contribution in [0, 0.1) is 0 Å². The maximum Gasteiger partial charge on any atom is 0.357 e. The van der Waals surface area contributed by atoms with Crippen molar-refractivity contribution in [2.45, 2.75) is 13.8 Å². The van der Waals surface area contributed by atoms with Crippen LogP contribution in [0.3, 0.4) is 0 Å². The number of ether oxygens (including phenoxy) is 1. The first-order valence-corrected chi connectivity index (χ1v) is 8.52. The molecule has 0 aliphatic rings. The van der Waals surface area contributed by atoms with Crippen molar-refractivity contribution in [1.82, 2.24) is 0 Å². The highest BCUT2D eigenvalue weighted by Gasteiger charge is 2.23. The monoisotopic (exact) mass is 380 g/mol. The highest BCUT2D eigenvalue weighted by atomic mass is 16.5. The van der Waals surface area contributed by atoms with Crippen LogP contribution in [0.4, 0.5) is 0 Å². The fraction of sp³-hybridized carbons (Fsp3) is 0.143. The average Bonchev–Trinajstić information content (AvgIpc) is 2.68. The first kappa shape index (κ1) is 20.6. The van der Waals surface area contributed by atoms with Crippen LogP contribution < -0.4 is 0 Å². The number of nitrogens with zero attached hydrogens (tertiary/aromatic N) is 2. The molecule has 28 heavy (non-hydrogen) atoms. The van der Waals surface area contributed by atoms with Crippen LogP contribution in [0.25, 0.3) is 0 Å². The third-order valence-corrected chi connectivity index (χ3v) is 3.63. The minimum atomic E-state index is -1.27. The van der Waals surface area contributed by atoms with Crippen LogP contribution in [0.5, 0.6) is 0 Å². The molecule has 0 unspecified atom stereocenters. The second-order valence-electron chi connectivity index (χ2n) is 5.62. The molecule has 0 saturated carbocycles. The van der Waals surface area contributed by atoms with E-state index in [2.05, 4.69) is 10.2 Å². The first-order chi connectivity index (χ1) is 13.5. The fourth-order valence-electron chi connectivity index (χ4n) is 2.39. The number of aliphatic hydroxyl groups excluding tert-OH is 1. The van der Waals surface area contributed by atoms with E-state index in [4.69, 9.17) is 4.74 Å². The Morgan fingerprint density at radius 2 is 1.32 bits per heavy atom. The molecule has 7 nitrogen and oxygen atoms in total. The second kappa shape index (κ2) is 9.82. The minimum Gasteiger partial charge on any atom is -0.512 e. The number of allylic oxidation sites excluding steroid dienone is 1. The zero-order chi connectivity index (χ0) is 20.5. The van der Waals surface area contributed by atoms with Crippen molar-refractivity contribution < 1.29 is 24.5 Å². The lowest BCUT2D eigenvalue weighted by Crippen LogP contribution is -2.20. The number of carboxylic acids is 1. The van der Waals surface area contributed by atoms with Crippen LogP contribution in [-0.2, 0) is 14.3 Å². The lowest BCUT2D eigenvalue weighted by Gasteiger charge is -2.11. The van der Waals surface area contributed by atoms with Gasteiger partial charge in [-0.2, -0.15) is 0 Å². The molecule has 0 aromatic heterocycles. The zero-order valence-electron chi connectivity index (χ0n) is 15.5. The maximum absolute atomic E-state index is 12.4. The molecular weight excluding hydrogens is 360 g/mol. The summed E-state index contributed by atoms with van der Waals surface area (Å²) in [7, 11) is 0. The summed E-state index contributed by atoms with van der Waals surface area (Å²) in [6.07, 6.45) is 0. The van der Waals surface area contributed by atoms with E-state index >= 15 is 0 Å². The lowest BCUT2D eigenvalue weighted by molar-refractivity contribution is -0.138. The number of hydrogen-bond donors (Lipinski definition) is 2. The van der Waals surface area contributed by atoms with Crippen LogP contribution in [-0.4, -0.2) is 40.2 Å². The number of hydrogen-bond acceptors (Lipinski definition) is 6. The zero-order valence-corrected chi connectivity index (χ0v) is 15.5. The van der Waals surface area contributed by atoms with E-state index in [1.54, 1.807) is 67.6 Å². The van der Waals surface area contributed by atoms with E-state index in [1.807, 2.05) is 0 Å². The smallest absolute Gasteiger partial charge is 0.357 e. The van der Waals surface area contributed by atoms with Crippen LogP contribution >= 0.6 is 0 Å². The normalized spacial score (nSPS) is 12.9. The molecule has 2 aromatic carbocycles. The second-order valence-corrected chi connectivity index (χ2v) is 5.62. The summed E-state index contributed by atoms with van der Waals surface area (Å²) >= 11 is 0. The number of benzene rings is 2. The van der Waals surface area contributed by atoms with Crippen LogP contribution in [0.1, 0.15) is 25.0 Å². The van der Waals surface area contributed by atoms with Crippen LogP contribution in [0.15, 0.2) is 82.2 Å². The molecule has 2 rings (SSSR count). The molecular formula is C21H20N2O5. The number of rotatable bonds is 7. The SMILES string of the molecule is CCOC(=O)C(/C(=N/N=C(/C(=O)O)c1ccccc1)c1ccccc1)=C(\C)O. The van der Waals surface area contributed by atoms with Crippen LogP contribution in [0.2, 0.25) is 0 Å². The summed E-state index contributed by atoms with van der Waals surface area (Å²) in [5.74, 6) is -2.37. The average molecular weight is 380 g/mol. The van der Waals surface area contributed by atoms with Gasteiger partial charge in [0.1, 0.15) is 17.0 Å². The molecule has 2 N–H and O–H groups in total. The fourth-order valence-corrected chi connectivity index (χ4v) is 2.39. The molecule has 144 valence electrons. The Balaban J connectivity index is 2.66. The van der Waals surface area contributed by atoms with E-state index in [0.29, 0.717) is 11.1 Å². The van der Waals surface area contributed by atoms with Crippen molar-refractivity contribution >= 4 is 23.4 Å². The van der Waals surface area contributed by atoms with Gasteiger partial charge in [0.05, 0.1) is 6.61 Å². The highest BCUT2D eigenvalue weighted by molar-refractivity contribution is 6.42. The van der Waals surface area contributed by atoms with Gasteiger partial charge in [-0.15, -0.1) is 10.2 Å². The van der Waals surface area contributed by atoms with Gasteiger partial charge in [0.2, 0.25) is 0 Å². The van der Waals surface area contributed by atoms with E-state index < -0.39 is 11.9 Å². The summed E-state index contributed by atoms with van der Waals surface area (Å²) in [6, 6.07) is 16.8. The summed E-state index contributed by atoms with van der Waals surface area (Å²) in [4.78, 5) is 24.0. The molecule has 7 heteroatoms. The number of aliphatic hydroxyl groups is 1. The van der Waals surface area contributed by atoms with Gasteiger partial charge in [0.15, 0.2) is 5.71 Å². The highest BCUT2D eigenvalue weighted by Crippen LogP contribution is 2.16. The Morgan fingerprint density at radius 3 is 1.75 bits per heavy atom. The molecule has 0 amide bonds. The maximum atomic E-state index is 12.4. The Kier molecular flexibility index (Phi) is 7.21. The van der Waals surface area contributed by atoms with Crippen molar-refractivity contribution in [3.05, 3.63) is 83.1 Å². The van der Waals surface area contributed by atoms with Crippen molar-refractivity contribution in [2.24, 2.45) is 10.2 Å². The van der Waals surface area contributed by atoms with Crippen molar-refractivity contribution in [3.8, 4) is 0 Å². The molecule has 2 aromatic rings. The number of esters is 1. The van der Waals surface area contributed by atoms with Gasteiger partial charge in [-0.25, -0.2) is 9.59 Å². The van der Waals surface area contributed by atoms with Gasteiger partial charge in [0, 0.05) is 11.1 Å². The molecule has 0 heterocycles. The predicted molar refractivity (Wildman–Crippen MR) is 106 cm³/mol. The number of carboxylic acid groups (broad SMARTS) is 1. The van der Waals surface area contributed by atoms with E-state index in [0.717, 1.165) is 0 Å². The molecule has 0 aliphatic carbocycles. The summed E-state index contributed by atoms with van der Waals surface area (Å²) < 4.78 is 5.00. The molecule has 0 fully saturated rings. The minimum absolute atomic E-state index is 0.00808. The van der Waals surface area contributed by atoms with Gasteiger partial charge in [-0.1, -0.05) is 60.7 Å². The van der Waals surface area contributed by atoms with Gasteiger partial charge in [0.25, 0.3) is 0 Å². The lowest BCUT2D eigenvalue weighted by atomic mass is 10.0. The molecule has 0 radical (unpaired) electrons. The topological polar surface area (TPSA) is 109 Å².